The molecule has 1 aromatic carbocycles. The summed E-state index contributed by atoms with van der Waals surface area (Å²) in [5.41, 5.74) is 0.519. The summed E-state index contributed by atoms with van der Waals surface area (Å²) >= 11 is 0. The average Bonchev–Trinajstić information content (AvgIpc) is 3.64. The first-order chi connectivity index (χ1) is 24.5. The molecule has 3 saturated heterocycles. The Bertz CT molecular complexity index is 1550. The fraction of sp³-hybridized carbons (Fsp3) is 0.738. The molecule has 9 atom stereocenters. The van der Waals surface area contributed by atoms with E-state index >= 15 is 0 Å². The molecule has 10 nitrogen and oxygen atoms in total. The third-order valence-corrected chi connectivity index (χ3v) is 13.7. The van der Waals surface area contributed by atoms with Gasteiger partial charge in [-0.25, -0.2) is 4.79 Å². The van der Waals surface area contributed by atoms with Crippen molar-refractivity contribution in [3.63, 3.8) is 0 Å². The minimum Gasteiger partial charge on any atom is -0.447 e. The van der Waals surface area contributed by atoms with Gasteiger partial charge in [0.2, 0.25) is 5.91 Å². The number of ether oxygens (including phenoxy) is 2. The molecule has 3 heterocycles. The second kappa shape index (κ2) is 15.7. The van der Waals surface area contributed by atoms with E-state index in [1.807, 2.05) is 56.0 Å². The van der Waals surface area contributed by atoms with E-state index in [2.05, 4.69) is 63.9 Å². The van der Waals surface area contributed by atoms with Gasteiger partial charge in [0.1, 0.15) is 12.5 Å². The van der Waals surface area contributed by atoms with Crippen molar-refractivity contribution in [1.82, 2.24) is 15.1 Å². The molecule has 7 unspecified atom stereocenters. The summed E-state index contributed by atoms with van der Waals surface area (Å²) in [4.78, 5) is 32.3. The average molecular weight is 733 g/mol. The molecule has 1 N–H and O–H groups in total. The Morgan fingerprint density at radius 3 is 2.55 bits per heavy atom. The largest absolute Gasteiger partial charge is 0.482 e. The molecule has 53 heavy (non-hydrogen) atoms. The van der Waals surface area contributed by atoms with Gasteiger partial charge >= 0.3 is 13.2 Å². The molecule has 2 amide bonds. The van der Waals surface area contributed by atoms with Crippen LogP contribution < -0.4 is 5.32 Å². The van der Waals surface area contributed by atoms with Crippen molar-refractivity contribution in [3.8, 4) is 6.07 Å². The van der Waals surface area contributed by atoms with E-state index in [0.717, 1.165) is 43.5 Å². The van der Waals surface area contributed by atoms with Crippen molar-refractivity contribution >= 4 is 19.1 Å². The van der Waals surface area contributed by atoms with Gasteiger partial charge in [-0.15, -0.1) is 0 Å². The third kappa shape index (κ3) is 7.81. The molecule has 3 aliphatic heterocycles. The third-order valence-electron chi connectivity index (χ3n) is 13.7. The van der Waals surface area contributed by atoms with Gasteiger partial charge < -0.3 is 29.0 Å². The van der Waals surface area contributed by atoms with Crippen molar-refractivity contribution < 1.29 is 28.4 Å². The molecule has 0 radical (unpaired) electrons. The number of likely N-dealkylation sites (tertiary alicyclic amines) is 1. The van der Waals surface area contributed by atoms with Crippen LogP contribution in [0.25, 0.3) is 0 Å². The summed E-state index contributed by atoms with van der Waals surface area (Å²) in [6, 6.07) is 12.3. The number of rotatable bonds is 11. The lowest BCUT2D eigenvalue weighted by molar-refractivity contribution is -0.199. The molecule has 0 spiro atoms. The number of benzene rings is 1. The van der Waals surface area contributed by atoms with E-state index in [1.165, 1.54) is 0 Å². The number of morpholine rings is 1. The van der Waals surface area contributed by atoms with E-state index in [0.29, 0.717) is 37.7 Å². The van der Waals surface area contributed by atoms with Crippen LogP contribution >= 0.6 is 0 Å². The molecule has 6 fully saturated rings. The Hall–Kier alpha value is -2.91. The fourth-order valence-electron chi connectivity index (χ4n) is 10.3. The minimum atomic E-state index is -0.939. The van der Waals surface area contributed by atoms with Crippen LogP contribution in [0, 0.1) is 34.5 Å². The summed E-state index contributed by atoms with van der Waals surface area (Å²) in [6.07, 6.45) is 6.29. The van der Waals surface area contributed by atoms with Crippen LogP contribution in [0.5, 0.6) is 0 Å². The molecular weight excluding hydrogens is 667 g/mol. The first-order valence-electron chi connectivity index (χ1n) is 19.6. The quantitative estimate of drug-likeness (QED) is 0.192. The topological polar surface area (TPSA) is 113 Å². The molecule has 6 aliphatic rings. The van der Waals surface area contributed by atoms with Crippen LogP contribution in [-0.2, 0) is 30.0 Å². The lowest BCUT2D eigenvalue weighted by Gasteiger charge is -2.64. The molecule has 3 saturated carbocycles. The Kier molecular flexibility index (Phi) is 12.2. The molecule has 1 aromatic rings. The van der Waals surface area contributed by atoms with Gasteiger partial charge in [0.25, 0.3) is 0 Å². The lowest BCUT2D eigenvalue weighted by Crippen LogP contribution is -2.65. The van der Waals surface area contributed by atoms with Gasteiger partial charge in [0.15, 0.2) is 0 Å². The fourth-order valence-corrected chi connectivity index (χ4v) is 10.3. The zero-order valence-corrected chi connectivity index (χ0v) is 32.9. The first kappa shape index (κ1) is 41.3. The highest BCUT2D eigenvalue weighted by Gasteiger charge is 2.68. The number of nitrogens with zero attached hydrogens (tertiary/aromatic N) is 3. The van der Waals surface area contributed by atoms with Crippen molar-refractivity contribution in [2.24, 2.45) is 23.2 Å². The zero-order valence-electron chi connectivity index (χ0n) is 32.9. The van der Waals surface area contributed by atoms with Crippen LogP contribution in [0.4, 0.5) is 4.79 Å². The van der Waals surface area contributed by atoms with Gasteiger partial charge in [-0.05, 0) is 108 Å². The van der Waals surface area contributed by atoms with E-state index < -0.39 is 36.2 Å². The summed E-state index contributed by atoms with van der Waals surface area (Å²) in [7, 11) is -0.612. The maximum absolute atomic E-state index is 14.4. The van der Waals surface area contributed by atoms with Crippen LogP contribution in [0.1, 0.15) is 107 Å². The highest BCUT2D eigenvalue weighted by atomic mass is 16.7. The molecule has 0 aromatic heterocycles. The predicted octanol–water partition coefficient (Wildman–Crippen LogP) is 6.97. The highest BCUT2D eigenvalue weighted by Crippen LogP contribution is 2.65. The molecular formula is C42H65BN4O6. The number of amides is 2. The van der Waals surface area contributed by atoms with Crippen molar-refractivity contribution in [1.29, 1.82) is 5.26 Å². The van der Waals surface area contributed by atoms with Crippen LogP contribution in [0.15, 0.2) is 42.0 Å². The van der Waals surface area contributed by atoms with Crippen molar-refractivity contribution in [3.05, 3.63) is 47.5 Å². The van der Waals surface area contributed by atoms with E-state index in [-0.39, 0.29) is 49.1 Å². The van der Waals surface area contributed by atoms with Gasteiger partial charge in [0.05, 0.1) is 42.0 Å². The lowest BCUT2D eigenvalue weighted by atomic mass is 9.43. The van der Waals surface area contributed by atoms with Gasteiger partial charge in [-0.1, -0.05) is 64.6 Å². The summed E-state index contributed by atoms with van der Waals surface area (Å²) < 4.78 is 25.2. The second-order valence-corrected chi connectivity index (χ2v) is 17.8. The normalized spacial score (nSPS) is 33.5. The molecule has 11 heteroatoms. The zero-order chi connectivity index (χ0) is 37.6. The number of hydrogen-bond acceptors (Lipinski definition) is 8. The molecule has 3 aliphatic carbocycles. The Morgan fingerprint density at radius 2 is 1.91 bits per heavy atom. The maximum atomic E-state index is 14.4. The smallest absolute Gasteiger partial charge is 0.447 e. The maximum Gasteiger partial charge on any atom is 0.482 e. The number of carbonyl (C=O) groups excluding carboxylic acids is 2. The van der Waals surface area contributed by atoms with E-state index in [9.17, 15) is 14.9 Å². The van der Waals surface area contributed by atoms with Crippen molar-refractivity contribution in [2.45, 2.75) is 149 Å². The number of hydrogen-bond donors (Lipinski definition) is 1. The predicted molar refractivity (Wildman–Crippen MR) is 208 cm³/mol. The van der Waals surface area contributed by atoms with E-state index in [1.54, 1.807) is 0 Å². The number of alkyl carbamates (subject to hydrolysis) is 1. The monoisotopic (exact) mass is 732 g/mol. The summed E-state index contributed by atoms with van der Waals surface area (Å²) in [6.45, 7) is 21.4. The number of nitrogens with one attached hydrogen (secondary N) is 1. The Balaban J connectivity index is 0.00000541. The Labute approximate surface area is 319 Å². The molecule has 2 bridgehead atoms. The highest BCUT2D eigenvalue weighted by molar-refractivity contribution is 6.47. The molecule has 292 valence electrons. The second-order valence-electron chi connectivity index (χ2n) is 17.8. The SMILES string of the molecule is C.CCC1(COC(=O)NC(Cc2ccccc2)B2O[C@@H]3CC4CC(C4(C)C)[C@]3(C)O2)CCC(C)N1C(=O)C(C#N)C(C)=CC(C)(C)N1CCOC(C)C1. The van der Waals surface area contributed by atoms with E-state index in [4.69, 9.17) is 18.8 Å². The number of carbonyl (C=O) groups is 2. The van der Waals surface area contributed by atoms with Crippen LogP contribution in [-0.4, -0.2) is 96.1 Å². The number of nitriles is 1. The van der Waals surface area contributed by atoms with Crippen LogP contribution in [0.2, 0.25) is 0 Å². The summed E-state index contributed by atoms with van der Waals surface area (Å²) in [5.74, 6) is -0.617. The first-order valence-corrected chi connectivity index (χ1v) is 19.6. The minimum absolute atomic E-state index is 0. The molecule has 7 rings (SSSR count). The van der Waals surface area contributed by atoms with Crippen molar-refractivity contribution in [2.75, 3.05) is 26.3 Å². The van der Waals surface area contributed by atoms with Gasteiger partial charge in [-0.3, -0.25) is 9.69 Å². The van der Waals surface area contributed by atoms with Gasteiger partial charge in [0, 0.05) is 24.7 Å². The standard InChI is InChI=1S/C41H61BN4O6.CH4/c1-10-41(17-16-28(3)46(41)36(47)32(24-43)27(2)23-38(5,6)45-18-19-49-29(4)25-45)26-50-37(48)44-35(20-30-14-12-11-13-15-30)42-51-34-22-31-21-33(39(31,7)8)40(34,9)52-42;/h11-15,23,28-29,31-35H,10,16-22,25-26H2,1-9H3,(H,44,48);1H4/t28?,29?,31?,32?,33?,34-,35?,40+,41?;/m1./s1. The summed E-state index contributed by atoms with van der Waals surface area (Å²) in [5, 5.41) is 13.5. The van der Waals surface area contributed by atoms with Crippen LogP contribution in [0.3, 0.4) is 0 Å². The Morgan fingerprint density at radius 1 is 1.19 bits per heavy atom. The van der Waals surface area contributed by atoms with Gasteiger partial charge in [-0.2, -0.15) is 5.26 Å².